The van der Waals surface area contributed by atoms with Gasteiger partial charge in [-0.3, -0.25) is 9.69 Å². The van der Waals surface area contributed by atoms with E-state index < -0.39 is 5.97 Å². The Labute approximate surface area is 131 Å². The molecule has 0 aromatic heterocycles. The molecule has 1 fully saturated rings. The van der Waals surface area contributed by atoms with Crippen molar-refractivity contribution in [2.24, 2.45) is 5.92 Å². The Bertz CT molecular complexity index is 266. The molecule has 0 aromatic carbocycles. The van der Waals surface area contributed by atoms with Crippen molar-refractivity contribution in [3.63, 3.8) is 0 Å². The fourth-order valence-corrected chi connectivity index (χ4v) is 3.49. The minimum absolute atomic E-state index is 0.211. The molecule has 1 N–H and O–H groups in total. The molecule has 0 amide bonds. The van der Waals surface area contributed by atoms with Gasteiger partial charge in [0.05, 0.1) is 6.54 Å². The van der Waals surface area contributed by atoms with Crippen LogP contribution in [0, 0.1) is 5.92 Å². The Hall–Kier alpha value is -0.570. The Morgan fingerprint density at radius 1 is 0.952 bits per heavy atom. The predicted octanol–water partition coefficient (Wildman–Crippen LogP) is 4.70. The molecule has 1 rings (SSSR count). The molecule has 124 valence electrons. The van der Waals surface area contributed by atoms with Gasteiger partial charge in [-0.05, 0) is 18.8 Å². The molecule has 0 saturated heterocycles. The van der Waals surface area contributed by atoms with Crippen LogP contribution in [-0.2, 0) is 4.79 Å². The van der Waals surface area contributed by atoms with Crippen molar-refractivity contribution in [1.29, 1.82) is 0 Å². The number of carboxylic acid groups (broad SMARTS) is 1. The lowest BCUT2D eigenvalue weighted by Crippen LogP contribution is -2.41. The van der Waals surface area contributed by atoms with Gasteiger partial charge in [-0.15, -0.1) is 0 Å². The van der Waals surface area contributed by atoms with E-state index in [1.165, 1.54) is 70.6 Å². The molecule has 0 aliphatic heterocycles. The van der Waals surface area contributed by atoms with Crippen LogP contribution in [0.1, 0.15) is 84.5 Å². The summed E-state index contributed by atoms with van der Waals surface area (Å²) in [5.41, 5.74) is 0. The summed E-state index contributed by atoms with van der Waals surface area (Å²) in [5, 5.41) is 9.19. The normalized spacial score (nSPS) is 20.2. The van der Waals surface area contributed by atoms with Crippen LogP contribution in [0.2, 0.25) is 0 Å². The van der Waals surface area contributed by atoms with Gasteiger partial charge in [0, 0.05) is 12.6 Å². The van der Waals surface area contributed by atoms with Crippen LogP contribution in [-0.4, -0.2) is 35.1 Å². The van der Waals surface area contributed by atoms with Gasteiger partial charge in [-0.1, -0.05) is 71.6 Å². The quantitative estimate of drug-likeness (QED) is 0.799. The van der Waals surface area contributed by atoms with Crippen LogP contribution in [0.25, 0.3) is 0 Å². The monoisotopic (exact) mass is 297 g/mol. The van der Waals surface area contributed by atoms with E-state index in [1.54, 1.807) is 0 Å². The van der Waals surface area contributed by atoms with Crippen LogP contribution in [0.5, 0.6) is 0 Å². The van der Waals surface area contributed by atoms with Crippen molar-refractivity contribution in [1.82, 2.24) is 4.90 Å². The van der Waals surface area contributed by atoms with E-state index in [0.29, 0.717) is 12.0 Å². The maximum absolute atomic E-state index is 11.2. The first-order valence-corrected chi connectivity index (χ1v) is 9.05. The SMILES string of the molecule is CC(C)CN(CC(=O)O)C1CCCCCCCCCCC1. The van der Waals surface area contributed by atoms with Crippen molar-refractivity contribution in [3.05, 3.63) is 0 Å². The summed E-state index contributed by atoms with van der Waals surface area (Å²) in [4.78, 5) is 13.4. The lowest BCUT2D eigenvalue weighted by Gasteiger charge is -2.32. The molecule has 1 aliphatic carbocycles. The van der Waals surface area contributed by atoms with E-state index in [9.17, 15) is 9.90 Å². The van der Waals surface area contributed by atoms with Crippen LogP contribution >= 0.6 is 0 Å². The average Bonchev–Trinajstić information content (AvgIpc) is 2.37. The molecule has 0 spiro atoms. The van der Waals surface area contributed by atoms with Gasteiger partial charge in [-0.25, -0.2) is 0 Å². The van der Waals surface area contributed by atoms with Crippen LogP contribution < -0.4 is 0 Å². The highest BCUT2D eigenvalue weighted by Crippen LogP contribution is 2.21. The summed E-state index contributed by atoms with van der Waals surface area (Å²) >= 11 is 0. The first-order valence-electron chi connectivity index (χ1n) is 9.05. The number of hydrogen-bond donors (Lipinski definition) is 1. The van der Waals surface area contributed by atoms with E-state index in [1.807, 2.05) is 0 Å². The predicted molar refractivity (Wildman–Crippen MR) is 88.6 cm³/mol. The number of carboxylic acids is 1. The van der Waals surface area contributed by atoms with E-state index in [4.69, 9.17) is 0 Å². The minimum atomic E-state index is -0.679. The molecular formula is C18H35NO2. The van der Waals surface area contributed by atoms with Crippen molar-refractivity contribution in [2.45, 2.75) is 90.5 Å². The molecule has 1 saturated carbocycles. The molecule has 0 atom stereocenters. The zero-order valence-corrected chi connectivity index (χ0v) is 14.1. The topological polar surface area (TPSA) is 40.5 Å². The van der Waals surface area contributed by atoms with E-state index in [2.05, 4.69) is 18.7 Å². The van der Waals surface area contributed by atoms with Crippen LogP contribution in [0.3, 0.4) is 0 Å². The molecule has 3 heteroatoms. The van der Waals surface area contributed by atoms with Gasteiger partial charge in [0.1, 0.15) is 0 Å². The third-order valence-electron chi connectivity index (χ3n) is 4.53. The second kappa shape index (κ2) is 11.1. The summed E-state index contributed by atoms with van der Waals surface area (Å²) in [6.07, 6.45) is 14.4. The number of nitrogens with zero attached hydrogens (tertiary/aromatic N) is 1. The van der Waals surface area contributed by atoms with E-state index in [-0.39, 0.29) is 6.54 Å². The second-order valence-corrected chi connectivity index (χ2v) is 7.13. The third kappa shape index (κ3) is 9.13. The van der Waals surface area contributed by atoms with Gasteiger partial charge in [0.25, 0.3) is 0 Å². The van der Waals surface area contributed by atoms with Gasteiger partial charge in [0.2, 0.25) is 0 Å². The van der Waals surface area contributed by atoms with Gasteiger partial charge >= 0.3 is 5.97 Å². The number of carbonyl (C=O) groups is 1. The first kappa shape index (κ1) is 18.5. The number of aliphatic carboxylic acids is 1. The highest BCUT2D eigenvalue weighted by molar-refractivity contribution is 5.69. The molecule has 0 radical (unpaired) electrons. The van der Waals surface area contributed by atoms with Gasteiger partial charge in [0.15, 0.2) is 0 Å². The van der Waals surface area contributed by atoms with Crippen LogP contribution in [0.4, 0.5) is 0 Å². The van der Waals surface area contributed by atoms with E-state index >= 15 is 0 Å². The Morgan fingerprint density at radius 2 is 1.38 bits per heavy atom. The largest absolute Gasteiger partial charge is 0.480 e. The smallest absolute Gasteiger partial charge is 0.317 e. The van der Waals surface area contributed by atoms with Crippen molar-refractivity contribution < 1.29 is 9.90 Å². The molecule has 21 heavy (non-hydrogen) atoms. The van der Waals surface area contributed by atoms with Crippen molar-refractivity contribution in [3.8, 4) is 0 Å². The molecule has 0 heterocycles. The lowest BCUT2D eigenvalue weighted by molar-refractivity contribution is -0.139. The molecule has 0 aromatic rings. The Balaban J connectivity index is 2.57. The van der Waals surface area contributed by atoms with Crippen LogP contribution in [0.15, 0.2) is 0 Å². The summed E-state index contributed by atoms with van der Waals surface area (Å²) in [6, 6.07) is 0.475. The number of rotatable bonds is 5. The second-order valence-electron chi connectivity index (χ2n) is 7.13. The Morgan fingerprint density at radius 3 is 1.76 bits per heavy atom. The third-order valence-corrected chi connectivity index (χ3v) is 4.53. The maximum atomic E-state index is 11.2. The first-order chi connectivity index (χ1) is 10.1. The average molecular weight is 297 g/mol. The summed E-state index contributed by atoms with van der Waals surface area (Å²) in [7, 11) is 0. The Kier molecular flexibility index (Phi) is 9.73. The van der Waals surface area contributed by atoms with Gasteiger partial charge in [-0.2, -0.15) is 0 Å². The fourth-order valence-electron chi connectivity index (χ4n) is 3.49. The highest BCUT2D eigenvalue weighted by Gasteiger charge is 2.21. The summed E-state index contributed by atoms with van der Waals surface area (Å²) in [6.45, 7) is 5.49. The van der Waals surface area contributed by atoms with E-state index in [0.717, 1.165) is 6.54 Å². The van der Waals surface area contributed by atoms with Crippen molar-refractivity contribution >= 4 is 5.97 Å². The summed E-state index contributed by atoms with van der Waals surface area (Å²) < 4.78 is 0. The molecule has 0 bridgehead atoms. The lowest BCUT2D eigenvalue weighted by atomic mass is 9.96. The minimum Gasteiger partial charge on any atom is -0.480 e. The van der Waals surface area contributed by atoms with Crippen molar-refractivity contribution in [2.75, 3.05) is 13.1 Å². The molecular weight excluding hydrogens is 262 g/mol. The molecule has 0 unspecified atom stereocenters. The highest BCUT2D eigenvalue weighted by atomic mass is 16.4. The maximum Gasteiger partial charge on any atom is 0.317 e. The zero-order valence-electron chi connectivity index (χ0n) is 14.1. The summed E-state index contributed by atoms with van der Waals surface area (Å²) in [5.74, 6) is -0.146. The fraction of sp³-hybridized carbons (Fsp3) is 0.944. The molecule has 1 aliphatic rings. The van der Waals surface area contributed by atoms with Gasteiger partial charge < -0.3 is 5.11 Å². The standard InChI is InChI=1S/C18H35NO2/c1-16(2)14-19(15-18(20)21)17-12-10-8-6-4-3-5-7-9-11-13-17/h16-17H,3-15H2,1-2H3,(H,20,21). The number of hydrogen-bond acceptors (Lipinski definition) is 2. The molecule has 3 nitrogen and oxygen atoms in total. The zero-order chi connectivity index (χ0) is 15.5.